The molecule has 0 heterocycles. The van der Waals surface area contributed by atoms with E-state index in [4.69, 9.17) is 5.11 Å². The van der Waals surface area contributed by atoms with Gasteiger partial charge < -0.3 is 20.2 Å². The fourth-order valence-electron chi connectivity index (χ4n) is 1.96. The summed E-state index contributed by atoms with van der Waals surface area (Å²) >= 11 is 0. The quantitative estimate of drug-likeness (QED) is 0.719. The maximum atomic E-state index is 12.2. The van der Waals surface area contributed by atoms with Gasteiger partial charge in [0.15, 0.2) is 0 Å². The molecule has 1 fully saturated rings. The fourth-order valence-corrected chi connectivity index (χ4v) is 1.96. The highest BCUT2D eigenvalue weighted by Crippen LogP contribution is 2.26. The average Bonchev–Trinajstić information content (AvgIpc) is 3.07. The number of likely N-dealkylation sites (N-methyl/N-ethyl adjacent to an activating group) is 1. The number of nitrogens with zero attached hydrogens (tertiary/aromatic N) is 2. The van der Waals surface area contributed by atoms with Crippen LogP contribution in [0, 0.1) is 5.92 Å². The van der Waals surface area contributed by atoms with Crippen molar-refractivity contribution >= 4 is 12.0 Å². The Hall–Kier alpha value is -1.30. The van der Waals surface area contributed by atoms with E-state index in [-0.39, 0.29) is 24.7 Å². The van der Waals surface area contributed by atoms with Crippen LogP contribution in [0.25, 0.3) is 0 Å². The van der Waals surface area contributed by atoms with E-state index in [1.807, 2.05) is 32.8 Å². The molecule has 1 rings (SSSR count). The number of rotatable bonds is 7. The molecule has 0 bridgehead atoms. The Bertz CT molecular complexity index is 327. The number of hydrogen-bond donors (Lipinski definition) is 2. The Morgan fingerprint density at radius 2 is 1.89 bits per heavy atom. The number of hydrogen-bond acceptors (Lipinski definition) is 3. The summed E-state index contributed by atoms with van der Waals surface area (Å²) in [6, 6.07) is -0.133. The van der Waals surface area contributed by atoms with Gasteiger partial charge in [0.1, 0.15) is 6.54 Å². The van der Waals surface area contributed by atoms with Crippen LogP contribution in [0.3, 0.4) is 0 Å². The molecule has 0 aromatic carbocycles. The highest BCUT2D eigenvalue weighted by Gasteiger charge is 2.34. The number of amides is 2. The zero-order chi connectivity index (χ0) is 14.6. The standard InChI is InChI=1S/C13H25N3O3/c1-9(2)11(7-15(3)4)14-13(19)16(8-12(17)18)10-5-6-10/h9-11H,5-8H2,1-4H3,(H,14,19)(H,17,18). The van der Waals surface area contributed by atoms with Gasteiger partial charge in [-0.15, -0.1) is 0 Å². The Labute approximate surface area is 114 Å². The molecule has 110 valence electrons. The fraction of sp³-hybridized carbons (Fsp3) is 0.846. The Morgan fingerprint density at radius 3 is 2.26 bits per heavy atom. The minimum absolute atomic E-state index is 0.0255. The van der Waals surface area contributed by atoms with Crippen molar-refractivity contribution in [1.82, 2.24) is 15.1 Å². The number of carbonyl (C=O) groups excluding carboxylic acids is 1. The lowest BCUT2D eigenvalue weighted by atomic mass is 10.0. The molecular formula is C13H25N3O3. The largest absolute Gasteiger partial charge is 0.480 e. The molecular weight excluding hydrogens is 246 g/mol. The first kappa shape index (κ1) is 15.8. The van der Waals surface area contributed by atoms with Gasteiger partial charge in [-0.1, -0.05) is 13.8 Å². The molecule has 0 spiro atoms. The van der Waals surface area contributed by atoms with E-state index in [0.717, 1.165) is 19.4 Å². The molecule has 0 aliphatic heterocycles. The summed E-state index contributed by atoms with van der Waals surface area (Å²) < 4.78 is 0. The Morgan fingerprint density at radius 1 is 1.32 bits per heavy atom. The second kappa shape index (κ2) is 6.75. The van der Waals surface area contributed by atoms with E-state index in [2.05, 4.69) is 5.32 Å². The molecule has 19 heavy (non-hydrogen) atoms. The number of carboxylic acids is 1. The van der Waals surface area contributed by atoms with Crippen LogP contribution in [-0.2, 0) is 4.79 Å². The third-order valence-electron chi connectivity index (χ3n) is 3.23. The lowest BCUT2D eigenvalue weighted by Gasteiger charge is -2.29. The smallest absolute Gasteiger partial charge is 0.323 e. The van der Waals surface area contributed by atoms with Gasteiger partial charge in [0.25, 0.3) is 0 Å². The molecule has 2 N–H and O–H groups in total. The summed E-state index contributed by atoms with van der Waals surface area (Å²) in [4.78, 5) is 26.5. The summed E-state index contributed by atoms with van der Waals surface area (Å²) in [7, 11) is 3.91. The van der Waals surface area contributed by atoms with Gasteiger partial charge in [0.2, 0.25) is 0 Å². The van der Waals surface area contributed by atoms with Gasteiger partial charge in [-0.2, -0.15) is 0 Å². The summed E-state index contributed by atoms with van der Waals surface area (Å²) in [6.07, 6.45) is 1.81. The first-order valence-corrected chi connectivity index (χ1v) is 6.75. The number of carboxylic acid groups (broad SMARTS) is 1. The van der Waals surface area contributed by atoms with Crippen molar-refractivity contribution in [2.75, 3.05) is 27.2 Å². The molecule has 0 saturated heterocycles. The van der Waals surface area contributed by atoms with Crippen molar-refractivity contribution in [3.8, 4) is 0 Å². The lowest BCUT2D eigenvalue weighted by Crippen LogP contribution is -2.52. The molecule has 1 saturated carbocycles. The topological polar surface area (TPSA) is 72.9 Å². The van der Waals surface area contributed by atoms with E-state index < -0.39 is 5.97 Å². The first-order valence-electron chi connectivity index (χ1n) is 6.75. The summed E-state index contributed by atoms with van der Waals surface area (Å²) in [5.74, 6) is -0.659. The van der Waals surface area contributed by atoms with Gasteiger partial charge in [-0.05, 0) is 32.9 Å². The van der Waals surface area contributed by atoms with E-state index in [0.29, 0.717) is 5.92 Å². The van der Waals surface area contributed by atoms with Crippen LogP contribution in [0.2, 0.25) is 0 Å². The van der Waals surface area contributed by atoms with Crippen LogP contribution >= 0.6 is 0 Å². The number of nitrogens with one attached hydrogen (secondary N) is 1. The minimum atomic E-state index is -0.962. The van der Waals surface area contributed by atoms with Gasteiger partial charge >= 0.3 is 12.0 Å². The number of carbonyl (C=O) groups is 2. The monoisotopic (exact) mass is 271 g/mol. The maximum absolute atomic E-state index is 12.2. The third kappa shape index (κ3) is 5.46. The summed E-state index contributed by atoms with van der Waals surface area (Å²) in [5, 5.41) is 11.8. The molecule has 1 unspecified atom stereocenters. The first-order chi connectivity index (χ1) is 8.81. The molecule has 0 aromatic heterocycles. The minimum Gasteiger partial charge on any atom is -0.480 e. The van der Waals surface area contributed by atoms with Crippen molar-refractivity contribution in [3.63, 3.8) is 0 Å². The van der Waals surface area contributed by atoms with Crippen molar-refractivity contribution < 1.29 is 14.7 Å². The lowest BCUT2D eigenvalue weighted by molar-refractivity contribution is -0.137. The highest BCUT2D eigenvalue weighted by molar-refractivity contribution is 5.80. The molecule has 6 heteroatoms. The summed E-state index contributed by atoms with van der Waals surface area (Å²) in [6.45, 7) is 4.62. The zero-order valence-corrected chi connectivity index (χ0v) is 12.2. The van der Waals surface area contributed by atoms with Gasteiger partial charge in [-0.3, -0.25) is 4.79 Å². The second-order valence-electron chi connectivity index (χ2n) is 5.82. The average molecular weight is 271 g/mol. The molecule has 1 aliphatic rings. The van der Waals surface area contributed by atoms with E-state index in [9.17, 15) is 9.59 Å². The predicted molar refractivity (Wildman–Crippen MR) is 73.1 cm³/mol. The van der Waals surface area contributed by atoms with Crippen LogP contribution in [0.15, 0.2) is 0 Å². The highest BCUT2D eigenvalue weighted by atomic mass is 16.4. The third-order valence-corrected chi connectivity index (χ3v) is 3.23. The zero-order valence-electron chi connectivity index (χ0n) is 12.2. The van der Waals surface area contributed by atoms with Crippen LogP contribution < -0.4 is 5.32 Å². The Kier molecular flexibility index (Phi) is 5.60. The SMILES string of the molecule is CC(C)C(CN(C)C)NC(=O)N(CC(=O)O)C1CC1. The van der Waals surface area contributed by atoms with Gasteiger partial charge in [0.05, 0.1) is 0 Å². The number of urea groups is 1. The molecule has 0 aromatic rings. The van der Waals surface area contributed by atoms with Crippen LogP contribution in [0.1, 0.15) is 26.7 Å². The normalized spacial score (nSPS) is 16.5. The van der Waals surface area contributed by atoms with E-state index >= 15 is 0 Å². The van der Waals surface area contributed by atoms with Gasteiger partial charge in [0, 0.05) is 18.6 Å². The predicted octanol–water partition coefficient (Wildman–Crippen LogP) is 0.831. The van der Waals surface area contributed by atoms with Crippen molar-refractivity contribution in [3.05, 3.63) is 0 Å². The molecule has 2 amide bonds. The maximum Gasteiger partial charge on any atom is 0.323 e. The molecule has 1 atom stereocenters. The van der Waals surface area contributed by atoms with Gasteiger partial charge in [-0.25, -0.2) is 4.79 Å². The molecule has 6 nitrogen and oxygen atoms in total. The van der Waals surface area contributed by atoms with Crippen LogP contribution in [0.4, 0.5) is 4.79 Å². The Balaban J connectivity index is 2.60. The van der Waals surface area contributed by atoms with Crippen molar-refractivity contribution in [2.24, 2.45) is 5.92 Å². The van der Waals surface area contributed by atoms with Crippen molar-refractivity contribution in [1.29, 1.82) is 0 Å². The second-order valence-corrected chi connectivity index (χ2v) is 5.82. The van der Waals surface area contributed by atoms with Crippen LogP contribution in [0.5, 0.6) is 0 Å². The molecule has 0 radical (unpaired) electrons. The van der Waals surface area contributed by atoms with E-state index in [1.54, 1.807) is 0 Å². The van der Waals surface area contributed by atoms with Crippen molar-refractivity contribution in [2.45, 2.75) is 38.8 Å². The van der Waals surface area contributed by atoms with E-state index in [1.165, 1.54) is 4.90 Å². The number of aliphatic carboxylic acids is 1. The molecule has 1 aliphatic carbocycles. The van der Waals surface area contributed by atoms with Crippen LogP contribution in [-0.4, -0.2) is 66.2 Å². The summed E-state index contributed by atoms with van der Waals surface area (Å²) in [5.41, 5.74) is 0.